The summed E-state index contributed by atoms with van der Waals surface area (Å²) in [5.41, 5.74) is 6.72. The number of para-hydroxylation sites is 1. The fourth-order valence-electron chi connectivity index (χ4n) is 2.17. The molecule has 19 heavy (non-hydrogen) atoms. The zero-order chi connectivity index (χ0) is 13.1. The molecule has 100 valence electrons. The molecular formula is C13H16N4O2. The van der Waals surface area contributed by atoms with Gasteiger partial charge in [0, 0.05) is 5.69 Å². The molecule has 1 fully saturated rings. The van der Waals surface area contributed by atoms with Crippen molar-refractivity contribution in [3.05, 3.63) is 42.0 Å². The van der Waals surface area contributed by atoms with Crippen LogP contribution in [0.25, 0.3) is 5.69 Å². The van der Waals surface area contributed by atoms with Crippen molar-refractivity contribution in [2.45, 2.75) is 12.6 Å². The zero-order valence-electron chi connectivity index (χ0n) is 10.5. The van der Waals surface area contributed by atoms with E-state index in [1.165, 1.54) is 0 Å². The zero-order valence-corrected chi connectivity index (χ0v) is 10.5. The third-order valence-electron chi connectivity index (χ3n) is 3.06. The van der Waals surface area contributed by atoms with E-state index >= 15 is 0 Å². The number of aromatic nitrogens is 3. The van der Waals surface area contributed by atoms with Crippen LogP contribution in [0.4, 0.5) is 0 Å². The molecule has 2 N–H and O–H groups in total. The lowest BCUT2D eigenvalue weighted by atomic mass is 10.2. The Morgan fingerprint density at radius 3 is 2.74 bits per heavy atom. The molecule has 1 aromatic heterocycles. The summed E-state index contributed by atoms with van der Waals surface area (Å²) in [6.07, 6.45) is -0.193. The van der Waals surface area contributed by atoms with Crippen LogP contribution in [0, 0.1) is 0 Å². The number of rotatable bonds is 3. The third-order valence-corrected chi connectivity index (χ3v) is 3.06. The standard InChI is InChI=1S/C13H16N4O2/c14-8-12-15-16-13(11-9-18-6-7-19-11)17(12)10-4-2-1-3-5-10/h1-5,11H,6-9,14H2. The van der Waals surface area contributed by atoms with Crippen molar-refractivity contribution in [2.24, 2.45) is 5.73 Å². The Hall–Kier alpha value is -1.76. The van der Waals surface area contributed by atoms with Gasteiger partial charge in [-0.1, -0.05) is 18.2 Å². The van der Waals surface area contributed by atoms with E-state index in [-0.39, 0.29) is 6.10 Å². The summed E-state index contributed by atoms with van der Waals surface area (Å²) in [7, 11) is 0. The number of hydrogen-bond donors (Lipinski definition) is 1. The summed E-state index contributed by atoms with van der Waals surface area (Å²) in [6, 6.07) is 9.90. The van der Waals surface area contributed by atoms with E-state index in [0.717, 1.165) is 17.3 Å². The van der Waals surface area contributed by atoms with Crippen LogP contribution in [-0.4, -0.2) is 34.6 Å². The van der Waals surface area contributed by atoms with Crippen molar-refractivity contribution in [3.63, 3.8) is 0 Å². The summed E-state index contributed by atoms with van der Waals surface area (Å²) >= 11 is 0. The van der Waals surface area contributed by atoms with Gasteiger partial charge < -0.3 is 15.2 Å². The highest BCUT2D eigenvalue weighted by atomic mass is 16.6. The molecule has 1 aromatic carbocycles. The molecule has 1 atom stereocenters. The fourth-order valence-corrected chi connectivity index (χ4v) is 2.17. The SMILES string of the molecule is NCc1nnc(C2COCCO2)n1-c1ccccc1. The number of hydrogen-bond acceptors (Lipinski definition) is 5. The van der Waals surface area contributed by atoms with Gasteiger partial charge in [0.2, 0.25) is 0 Å². The second-order valence-corrected chi connectivity index (χ2v) is 4.28. The first kappa shape index (κ1) is 12.3. The van der Waals surface area contributed by atoms with Gasteiger partial charge in [0.1, 0.15) is 6.10 Å². The summed E-state index contributed by atoms with van der Waals surface area (Å²) in [5.74, 6) is 1.46. The molecule has 1 saturated heterocycles. The molecule has 3 rings (SSSR count). The van der Waals surface area contributed by atoms with Crippen molar-refractivity contribution in [1.29, 1.82) is 0 Å². The summed E-state index contributed by atoms with van der Waals surface area (Å²) in [5, 5.41) is 8.35. The molecule has 0 spiro atoms. The molecule has 1 aliphatic rings. The molecule has 2 aromatic rings. The monoisotopic (exact) mass is 260 g/mol. The Balaban J connectivity index is 2.03. The Morgan fingerprint density at radius 1 is 1.21 bits per heavy atom. The second kappa shape index (κ2) is 5.48. The van der Waals surface area contributed by atoms with Crippen LogP contribution in [0.15, 0.2) is 30.3 Å². The Kier molecular flexibility index (Phi) is 3.54. The van der Waals surface area contributed by atoms with Gasteiger partial charge in [0.15, 0.2) is 11.6 Å². The van der Waals surface area contributed by atoms with Crippen molar-refractivity contribution < 1.29 is 9.47 Å². The van der Waals surface area contributed by atoms with Gasteiger partial charge in [-0.2, -0.15) is 0 Å². The minimum Gasteiger partial charge on any atom is -0.376 e. The van der Waals surface area contributed by atoms with Gasteiger partial charge in [-0.25, -0.2) is 0 Å². The van der Waals surface area contributed by atoms with E-state index in [1.807, 2.05) is 34.9 Å². The second-order valence-electron chi connectivity index (χ2n) is 4.28. The maximum Gasteiger partial charge on any atom is 0.169 e. The number of nitrogens with zero attached hydrogens (tertiary/aromatic N) is 3. The van der Waals surface area contributed by atoms with E-state index in [0.29, 0.717) is 26.4 Å². The van der Waals surface area contributed by atoms with E-state index in [2.05, 4.69) is 10.2 Å². The molecule has 2 heterocycles. The highest BCUT2D eigenvalue weighted by Crippen LogP contribution is 2.23. The maximum atomic E-state index is 5.74. The number of ether oxygens (including phenoxy) is 2. The van der Waals surface area contributed by atoms with Gasteiger partial charge in [0.05, 0.1) is 26.4 Å². The smallest absolute Gasteiger partial charge is 0.169 e. The van der Waals surface area contributed by atoms with Crippen LogP contribution >= 0.6 is 0 Å². The van der Waals surface area contributed by atoms with Crippen LogP contribution in [-0.2, 0) is 16.0 Å². The van der Waals surface area contributed by atoms with Gasteiger partial charge >= 0.3 is 0 Å². The number of nitrogens with two attached hydrogens (primary N) is 1. The number of benzene rings is 1. The topological polar surface area (TPSA) is 75.2 Å². The maximum absolute atomic E-state index is 5.74. The van der Waals surface area contributed by atoms with E-state index in [1.54, 1.807) is 0 Å². The Bertz CT molecular complexity index is 535. The summed E-state index contributed by atoms with van der Waals surface area (Å²) in [4.78, 5) is 0. The van der Waals surface area contributed by atoms with Crippen LogP contribution in [0.1, 0.15) is 17.8 Å². The fraction of sp³-hybridized carbons (Fsp3) is 0.385. The largest absolute Gasteiger partial charge is 0.376 e. The van der Waals surface area contributed by atoms with Gasteiger partial charge in [-0.15, -0.1) is 10.2 Å². The normalized spacial score (nSPS) is 19.5. The predicted octanol–water partition coefficient (Wildman–Crippen LogP) is 0.814. The van der Waals surface area contributed by atoms with Crippen LogP contribution in [0.3, 0.4) is 0 Å². The highest BCUT2D eigenvalue weighted by Gasteiger charge is 2.24. The first-order valence-corrected chi connectivity index (χ1v) is 6.29. The van der Waals surface area contributed by atoms with Crippen LogP contribution < -0.4 is 5.73 Å². The molecule has 0 bridgehead atoms. The van der Waals surface area contributed by atoms with Crippen molar-refractivity contribution in [3.8, 4) is 5.69 Å². The van der Waals surface area contributed by atoms with E-state index < -0.39 is 0 Å². The molecule has 0 radical (unpaired) electrons. The molecule has 0 amide bonds. The molecule has 0 aliphatic carbocycles. The molecule has 6 nitrogen and oxygen atoms in total. The molecule has 6 heteroatoms. The third kappa shape index (κ3) is 2.37. The lowest BCUT2D eigenvalue weighted by Gasteiger charge is -2.23. The van der Waals surface area contributed by atoms with Crippen LogP contribution in [0.5, 0.6) is 0 Å². The minimum atomic E-state index is -0.193. The molecule has 1 unspecified atom stereocenters. The van der Waals surface area contributed by atoms with Gasteiger partial charge in [-0.3, -0.25) is 4.57 Å². The lowest BCUT2D eigenvalue weighted by molar-refractivity contribution is -0.0941. The minimum absolute atomic E-state index is 0.193. The van der Waals surface area contributed by atoms with Crippen molar-refractivity contribution in [1.82, 2.24) is 14.8 Å². The van der Waals surface area contributed by atoms with Crippen molar-refractivity contribution in [2.75, 3.05) is 19.8 Å². The first-order valence-electron chi connectivity index (χ1n) is 6.29. The van der Waals surface area contributed by atoms with Gasteiger partial charge in [-0.05, 0) is 12.1 Å². The Morgan fingerprint density at radius 2 is 2.05 bits per heavy atom. The van der Waals surface area contributed by atoms with Crippen molar-refractivity contribution >= 4 is 0 Å². The predicted molar refractivity (Wildman–Crippen MR) is 68.8 cm³/mol. The highest BCUT2D eigenvalue weighted by molar-refractivity contribution is 5.34. The lowest BCUT2D eigenvalue weighted by Crippen LogP contribution is -2.25. The summed E-state index contributed by atoms with van der Waals surface area (Å²) < 4.78 is 13.1. The van der Waals surface area contributed by atoms with Crippen LogP contribution in [0.2, 0.25) is 0 Å². The Labute approximate surface area is 111 Å². The van der Waals surface area contributed by atoms with E-state index in [9.17, 15) is 0 Å². The average Bonchev–Trinajstić information content (AvgIpc) is 2.93. The molecule has 1 aliphatic heterocycles. The average molecular weight is 260 g/mol. The van der Waals surface area contributed by atoms with E-state index in [4.69, 9.17) is 15.2 Å². The van der Waals surface area contributed by atoms with Gasteiger partial charge in [0.25, 0.3) is 0 Å². The molecular weight excluding hydrogens is 244 g/mol. The molecule has 0 saturated carbocycles. The summed E-state index contributed by atoms with van der Waals surface area (Å²) in [6.45, 7) is 2.02. The quantitative estimate of drug-likeness (QED) is 0.884. The first-order chi connectivity index (χ1) is 9.40.